The molecule has 0 radical (unpaired) electrons. The molecule has 1 aromatic carbocycles. The summed E-state index contributed by atoms with van der Waals surface area (Å²) in [5.74, 6) is 0.515. The van der Waals surface area contributed by atoms with Gasteiger partial charge in [-0.15, -0.1) is 6.58 Å². The predicted molar refractivity (Wildman–Crippen MR) is 91.4 cm³/mol. The standard InChI is InChI=1S/C19H18FN3O2/c1-2-10-23(19(24)17-4-3-12-25-17)14-18-21-9-11-22(18)13-15-5-7-16(20)8-6-15/h2-9,11-12H,1,10,13-14H2. The smallest absolute Gasteiger partial charge is 0.290 e. The number of rotatable bonds is 7. The molecule has 2 aromatic heterocycles. The topological polar surface area (TPSA) is 51.3 Å². The summed E-state index contributed by atoms with van der Waals surface area (Å²) in [6.07, 6.45) is 6.65. The number of furan rings is 1. The summed E-state index contributed by atoms with van der Waals surface area (Å²) in [5.41, 5.74) is 0.952. The molecule has 0 saturated carbocycles. The summed E-state index contributed by atoms with van der Waals surface area (Å²) < 4.78 is 20.2. The maximum atomic E-state index is 13.0. The third-order valence-corrected chi connectivity index (χ3v) is 3.77. The van der Waals surface area contributed by atoms with Crippen LogP contribution in [-0.4, -0.2) is 26.9 Å². The Balaban J connectivity index is 1.77. The van der Waals surface area contributed by atoms with E-state index in [9.17, 15) is 9.18 Å². The maximum Gasteiger partial charge on any atom is 0.290 e. The molecular formula is C19H18FN3O2. The zero-order chi connectivity index (χ0) is 17.6. The first-order valence-corrected chi connectivity index (χ1v) is 7.85. The largest absolute Gasteiger partial charge is 0.459 e. The van der Waals surface area contributed by atoms with Gasteiger partial charge in [0, 0.05) is 25.5 Å². The third kappa shape index (κ3) is 4.03. The van der Waals surface area contributed by atoms with Crippen molar-refractivity contribution in [3.8, 4) is 0 Å². The molecule has 128 valence electrons. The van der Waals surface area contributed by atoms with E-state index in [-0.39, 0.29) is 17.5 Å². The summed E-state index contributed by atoms with van der Waals surface area (Å²) in [5, 5.41) is 0. The molecule has 0 spiro atoms. The molecule has 0 aliphatic rings. The minimum atomic E-state index is -0.268. The highest BCUT2D eigenvalue weighted by Gasteiger charge is 2.19. The van der Waals surface area contributed by atoms with Crippen molar-refractivity contribution in [2.24, 2.45) is 0 Å². The highest BCUT2D eigenvalue weighted by atomic mass is 19.1. The second kappa shape index (κ2) is 7.61. The average Bonchev–Trinajstić information content (AvgIpc) is 3.28. The minimum Gasteiger partial charge on any atom is -0.459 e. The van der Waals surface area contributed by atoms with E-state index in [1.807, 2.05) is 10.8 Å². The Hall–Kier alpha value is -3.15. The van der Waals surface area contributed by atoms with Gasteiger partial charge in [0.2, 0.25) is 0 Å². The first kappa shape index (κ1) is 16.7. The van der Waals surface area contributed by atoms with Crippen molar-refractivity contribution in [3.63, 3.8) is 0 Å². The van der Waals surface area contributed by atoms with E-state index in [1.54, 1.807) is 41.4 Å². The van der Waals surface area contributed by atoms with Crippen LogP contribution in [0.15, 0.2) is 72.1 Å². The number of halogens is 1. The first-order chi connectivity index (χ1) is 12.2. The van der Waals surface area contributed by atoms with Crippen molar-refractivity contribution in [2.45, 2.75) is 13.1 Å². The molecule has 0 aliphatic carbocycles. The van der Waals surface area contributed by atoms with Gasteiger partial charge in [0.05, 0.1) is 12.8 Å². The second-order valence-electron chi connectivity index (χ2n) is 5.55. The van der Waals surface area contributed by atoms with Crippen LogP contribution in [0, 0.1) is 5.82 Å². The van der Waals surface area contributed by atoms with Gasteiger partial charge in [0.15, 0.2) is 5.76 Å². The minimum absolute atomic E-state index is 0.221. The fourth-order valence-electron chi connectivity index (χ4n) is 2.52. The number of carbonyl (C=O) groups excluding carboxylic acids is 1. The van der Waals surface area contributed by atoms with Crippen LogP contribution in [-0.2, 0) is 13.1 Å². The van der Waals surface area contributed by atoms with Gasteiger partial charge >= 0.3 is 0 Å². The van der Waals surface area contributed by atoms with Crippen molar-refractivity contribution in [3.05, 3.63) is 90.7 Å². The fraction of sp³-hybridized carbons (Fsp3) is 0.158. The molecule has 3 rings (SSSR count). The molecular weight excluding hydrogens is 321 g/mol. The van der Waals surface area contributed by atoms with Gasteiger partial charge in [-0.1, -0.05) is 18.2 Å². The van der Waals surface area contributed by atoms with Crippen LogP contribution in [0.25, 0.3) is 0 Å². The number of amides is 1. The van der Waals surface area contributed by atoms with Gasteiger partial charge in [0.1, 0.15) is 11.6 Å². The normalized spacial score (nSPS) is 10.6. The van der Waals surface area contributed by atoms with Gasteiger partial charge in [-0.25, -0.2) is 9.37 Å². The number of nitrogens with zero attached hydrogens (tertiary/aromatic N) is 3. The summed E-state index contributed by atoms with van der Waals surface area (Å²) in [6.45, 7) is 4.95. The summed E-state index contributed by atoms with van der Waals surface area (Å²) >= 11 is 0. The lowest BCUT2D eigenvalue weighted by atomic mass is 10.2. The number of carbonyl (C=O) groups is 1. The molecule has 25 heavy (non-hydrogen) atoms. The molecule has 0 fully saturated rings. The average molecular weight is 339 g/mol. The van der Waals surface area contributed by atoms with Crippen molar-refractivity contribution < 1.29 is 13.6 Å². The monoisotopic (exact) mass is 339 g/mol. The van der Waals surface area contributed by atoms with Crippen molar-refractivity contribution in [1.29, 1.82) is 0 Å². The second-order valence-corrected chi connectivity index (χ2v) is 5.55. The van der Waals surface area contributed by atoms with Crippen molar-refractivity contribution in [1.82, 2.24) is 14.5 Å². The SMILES string of the molecule is C=CCN(Cc1nccn1Cc1ccc(F)cc1)C(=O)c1ccco1. The van der Waals surface area contributed by atoms with Gasteiger partial charge in [-0.05, 0) is 29.8 Å². The molecule has 6 heteroatoms. The molecule has 0 saturated heterocycles. The van der Waals surface area contributed by atoms with E-state index in [2.05, 4.69) is 11.6 Å². The summed E-state index contributed by atoms with van der Waals surface area (Å²) in [4.78, 5) is 18.5. The summed E-state index contributed by atoms with van der Waals surface area (Å²) in [7, 11) is 0. The van der Waals surface area contributed by atoms with Crippen LogP contribution < -0.4 is 0 Å². The Bertz CT molecular complexity index is 838. The zero-order valence-electron chi connectivity index (χ0n) is 13.6. The van der Waals surface area contributed by atoms with Crippen LogP contribution >= 0.6 is 0 Å². The summed E-state index contributed by atoms with van der Waals surface area (Å²) in [6, 6.07) is 9.62. The van der Waals surface area contributed by atoms with Crippen LogP contribution in [0.3, 0.4) is 0 Å². The number of imidazole rings is 1. The molecule has 0 aliphatic heterocycles. The lowest BCUT2D eigenvalue weighted by Gasteiger charge is -2.20. The third-order valence-electron chi connectivity index (χ3n) is 3.77. The molecule has 2 heterocycles. The Morgan fingerprint density at radius 1 is 1.32 bits per heavy atom. The Morgan fingerprint density at radius 2 is 2.12 bits per heavy atom. The van der Waals surface area contributed by atoms with Crippen LogP contribution in [0.4, 0.5) is 4.39 Å². The number of benzene rings is 1. The molecule has 0 unspecified atom stereocenters. The number of aromatic nitrogens is 2. The first-order valence-electron chi connectivity index (χ1n) is 7.85. The van der Waals surface area contributed by atoms with Gasteiger partial charge < -0.3 is 13.9 Å². The van der Waals surface area contributed by atoms with Crippen LogP contribution in [0.2, 0.25) is 0 Å². The van der Waals surface area contributed by atoms with E-state index in [0.29, 0.717) is 19.6 Å². The molecule has 5 nitrogen and oxygen atoms in total. The lowest BCUT2D eigenvalue weighted by Crippen LogP contribution is -2.31. The van der Waals surface area contributed by atoms with Crippen LogP contribution in [0.5, 0.6) is 0 Å². The molecule has 3 aromatic rings. The van der Waals surface area contributed by atoms with Gasteiger partial charge in [0.25, 0.3) is 5.91 Å². The van der Waals surface area contributed by atoms with E-state index in [0.717, 1.165) is 11.4 Å². The molecule has 0 atom stereocenters. The molecule has 1 amide bonds. The van der Waals surface area contributed by atoms with E-state index in [4.69, 9.17) is 4.42 Å². The number of hydrogen-bond donors (Lipinski definition) is 0. The molecule has 0 bridgehead atoms. The predicted octanol–water partition coefficient (Wildman–Crippen LogP) is 3.49. The highest BCUT2D eigenvalue weighted by Crippen LogP contribution is 2.12. The quantitative estimate of drug-likeness (QED) is 0.619. The lowest BCUT2D eigenvalue weighted by molar-refractivity contribution is 0.0725. The van der Waals surface area contributed by atoms with E-state index >= 15 is 0 Å². The van der Waals surface area contributed by atoms with Crippen molar-refractivity contribution in [2.75, 3.05) is 6.54 Å². The van der Waals surface area contributed by atoms with E-state index in [1.165, 1.54) is 18.4 Å². The van der Waals surface area contributed by atoms with Gasteiger partial charge in [-0.3, -0.25) is 4.79 Å². The van der Waals surface area contributed by atoms with Crippen molar-refractivity contribution >= 4 is 5.91 Å². The Kier molecular flexibility index (Phi) is 5.09. The fourth-order valence-corrected chi connectivity index (χ4v) is 2.52. The van der Waals surface area contributed by atoms with E-state index < -0.39 is 0 Å². The Morgan fingerprint density at radius 3 is 2.80 bits per heavy atom. The zero-order valence-corrected chi connectivity index (χ0v) is 13.6. The Labute approximate surface area is 145 Å². The van der Waals surface area contributed by atoms with Crippen LogP contribution in [0.1, 0.15) is 21.9 Å². The highest BCUT2D eigenvalue weighted by molar-refractivity contribution is 5.91. The molecule has 0 N–H and O–H groups in total. The van der Waals surface area contributed by atoms with Gasteiger partial charge in [-0.2, -0.15) is 0 Å². The number of hydrogen-bond acceptors (Lipinski definition) is 3. The maximum absolute atomic E-state index is 13.0.